The van der Waals surface area contributed by atoms with Crippen molar-refractivity contribution >= 4 is 10.0 Å². The third kappa shape index (κ3) is 2.81. The molecule has 0 N–H and O–H groups in total. The first-order valence-electron chi connectivity index (χ1n) is 7.68. The number of imidazole rings is 1. The molecule has 0 aliphatic carbocycles. The van der Waals surface area contributed by atoms with Crippen LogP contribution in [0.2, 0.25) is 0 Å². The van der Waals surface area contributed by atoms with Crippen LogP contribution in [0.5, 0.6) is 5.75 Å². The van der Waals surface area contributed by atoms with Crippen molar-refractivity contribution in [3.63, 3.8) is 0 Å². The van der Waals surface area contributed by atoms with Crippen molar-refractivity contribution in [2.24, 2.45) is 0 Å². The highest BCUT2D eigenvalue weighted by Gasteiger charge is 2.35. The lowest BCUT2D eigenvalue weighted by molar-refractivity contribution is 0.173. The van der Waals surface area contributed by atoms with E-state index in [2.05, 4.69) is 4.98 Å². The SMILES string of the molecule is COCc1cnc2n1CCN(S(=O)(=O)c1cccc(OC)c1)[C@@H]2C. The summed E-state index contributed by atoms with van der Waals surface area (Å²) in [6.45, 7) is 3.26. The van der Waals surface area contributed by atoms with Crippen molar-refractivity contribution in [3.05, 3.63) is 42.0 Å². The standard InChI is InChI=1S/C16H21N3O4S/c1-12-16-17-10-13(11-22-2)18(16)7-8-19(12)24(20,21)15-6-4-5-14(9-15)23-3/h4-6,9-10,12H,7-8,11H2,1-3H3/t12-/m1/s1. The summed E-state index contributed by atoms with van der Waals surface area (Å²) in [7, 11) is -0.473. The van der Waals surface area contributed by atoms with Crippen LogP contribution in [0, 0.1) is 0 Å². The first-order valence-corrected chi connectivity index (χ1v) is 9.12. The van der Waals surface area contributed by atoms with Crippen molar-refractivity contribution in [3.8, 4) is 5.75 Å². The summed E-state index contributed by atoms with van der Waals surface area (Å²) in [6.07, 6.45) is 1.75. The van der Waals surface area contributed by atoms with Crippen LogP contribution in [0.3, 0.4) is 0 Å². The third-order valence-electron chi connectivity index (χ3n) is 4.26. The van der Waals surface area contributed by atoms with Crippen LogP contribution < -0.4 is 4.74 Å². The van der Waals surface area contributed by atoms with Gasteiger partial charge in [-0.05, 0) is 19.1 Å². The first-order chi connectivity index (χ1) is 11.5. The molecular weight excluding hydrogens is 330 g/mol. The molecule has 0 unspecified atom stereocenters. The van der Waals surface area contributed by atoms with E-state index in [1.807, 2.05) is 11.5 Å². The molecular formula is C16H21N3O4S. The molecule has 8 heteroatoms. The van der Waals surface area contributed by atoms with E-state index in [0.717, 1.165) is 11.5 Å². The van der Waals surface area contributed by atoms with Gasteiger partial charge in [0.2, 0.25) is 10.0 Å². The quantitative estimate of drug-likeness (QED) is 0.821. The molecule has 0 bridgehead atoms. The summed E-state index contributed by atoms with van der Waals surface area (Å²) >= 11 is 0. The lowest BCUT2D eigenvalue weighted by atomic mass is 10.2. The summed E-state index contributed by atoms with van der Waals surface area (Å²) in [5.74, 6) is 1.25. The number of aromatic nitrogens is 2. The molecule has 0 amide bonds. The monoisotopic (exact) mass is 351 g/mol. The molecule has 1 aromatic carbocycles. The fraction of sp³-hybridized carbons (Fsp3) is 0.438. The van der Waals surface area contributed by atoms with Gasteiger partial charge in [0.25, 0.3) is 0 Å². The normalized spacial score (nSPS) is 18.4. The van der Waals surface area contributed by atoms with Gasteiger partial charge in [-0.15, -0.1) is 0 Å². The minimum Gasteiger partial charge on any atom is -0.497 e. The number of fused-ring (bicyclic) bond motifs is 1. The molecule has 130 valence electrons. The van der Waals surface area contributed by atoms with Gasteiger partial charge in [-0.25, -0.2) is 13.4 Å². The van der Waals surface area contributed by atoms with Crippen LogP contribution in [0.25, 0.3) is 0 Å². The summed E-state index contributed by atoms with van der Waals surface area (Å²) in [4.78, 5) is 4.63. The van der Waals surface area contributed by atoms with Gasteiger partial charge in [0.1, 0.15) is 11.6 Å². The fourth-order valence-corrected chi connectivity index (χ4v) is 4.65. The summed E-state index contributed by atoms with van der Waals surface area (Å²) in [6, 6.07) is 6.18. The van der Waals surface area contributed by atoms with Gasteiger partial charge in [-0.2, -0.15) is 4.31 Å². The number of nitrogens with zero attached hydrogens (tertiary/aromatic N) is 3. The minimum atomic E-state index is -3.62. The van der Waals surface area contributed by atoms with Gasteiger partial charge in [0.05, 0.1) is 36.5 Å². The second kappa shape index (κ2) is 6.54. The zero-order valence-electron chi connectivity index (χ0n) is 14.0. The molecule has 3 rings (SSSR count). The molecule has 24 heavy (non-hydrogen) atoms. The molecule has 1 atom stereocenters. The fourth-order valence-electron chi connectivity index (χ4n) is 3.03. The Morgan fingerprint density at radius 3 is 2.79 bits per heavy atom. The smallest absolute Gasteiger partial charge is 0.243 e. The maximum Gasteiger partial charge on any atom is 0.243 e. The van der Waals surface area contributed by atoms with E-state index < -0.39 is 10.0 Å². The number of hydrogen-bond donors (Lipinski definition) is 0. The highest BCUT2D eigenvalue weighted by atomic mass is 32.2. The number of benzene rings is 1. The van der Waals surface area contributed by atoms with Gasteiger partial charge in [-0.1, -0.05) is 6.07 Å². The average Bonchev–Trinajstić information content (AvgIpc) is 2.99. The first kappa shape index (κ1) is 16.9. The van der Waals surface area contributed by atoms with Crippen LogP contribution >= 0.6 is 0 Å². The largest absolute Gasteiger partial charge is 0.497 e. The van der Waals surface area contributed by atoms with Gasteiger partial charge in [0.15, 0.2) is 0 Å². The lowest BCUT2D eigenvalue weighted by Crippen LogP contribution is -2.41. The van der Waals surface area contributed by atoms with Gasteiger partial charge in [0, 0.05) is 26.3 Å². The molecule has 2 heterocycles. The molecule has 0 fully saturated rings. The highest BCUT2D eigenvalue weighted by Crippen LogP contribution is 2.31. The van der Waals surface area contributed by atoms with E-state index in [0.29, 0.717) is 25.4 Å². The molecule has 0 saturated carbocycles. The summed E-state index contributed by atoms with van der Waals surface area (Å²) < 4.78 is 39.9. The van der Waals surface area contributed by atoms with Crippen molar-refractivity contribution in [2.75, 3.05) is 20.8 Å². The molecule has 0 spiro atoms. The van der Waals surface area contributed by atoms with Crippen LogP contribution in [-0.2, 0) is 27.9 Å². The van der Waals surface area contributed by atoms with E-state index in [-0.39, 0.29) is 10.9 Å². The van der Waals surface area contributed by atoms with Crippen LogP contribution in [0.4, 0.5) is 0 Å². The average molecular weight is 351 g/mol. The Labute approximate surface area is 141 Å². The molecule has 1 aliphatic heterocycles. The van der Waals surface area contributed by atoms with Crippen molar-refractivity contribution in [2.45, 2.75) is 31.0 Å². The Morgan fingerprint density at radius 1 is 1.29 bits per heavy atom. The van der Waals surface area contributed by atoms with Crippen molar-refractivity contribution < 1.29 is 17.9 Å². The van der Waals surface area contributed by atoms with E-state index in [1.54, 1.807) is 37.6 Å². The number of hydrogen-bond acceptors (Lipinski definition) is 5. The van der Waals surface area contributed by atoms with Gasteiger partial charge in [-0.3, -0.25) is 0 Å². The molecule has 1 aromatic heterocycles. The Balaban J connectivity index is 1.94. The van der Waals surface area contributed by atoms with Crippen LogP contribution in [0.1, 0.15) is 24.5 Å². The van der Waals surface area contributed by atoms with E-state index >= 15 is 0 Å². The summed E-state index contributed by atoms with van der Waals surface area (Å²) in [5, 5.41) is 0. The van der Waals surface area contributed by atoms with Gasteiger partial charge >= 0.3 is 0 Å². The second-order valence-electron chi connectivity index (χ2n) is 5.66. The predicted molar refractivity (Wildman–Crippen MR) is 88.2 cm³/mol. The zero-order valence-corrected chi connectivity index (χ0v) is 14.8. The summed E-state index contributed by atoms with van der Waals surface area (Å²) in [5.41, 5.74) is 0.956. The number of methoxy groups -OCH3 is 2. The molecule has 1 aliphatic rings. The third-order valence-corrected chi connectivity index (χ3v) is 6.22. The maximum absolute atomic E-state index is 13.0. The Hall–Kier alpha value is -1.90. The van der Waals surface area contributed by atoms with E-state index in [1.165, 1.54) is 11.4 Å². The zero-order chi connectivity index (χ0) is 17.3. The van der Waals surface area contributed by atoms with Crippen molar-refractivity contribution in [1.29, 1.82) is 0 Å². The number of rotatable bonds is 5. The lowest BCUT2D eigenvalue weighted by Gasteiger charge is -2.33. The van der Waals surface area contributed by atoms with Crippen LogP contribution in [0.15, 0.2) is 35.4 Å². The van der Waals surface area contributed by atoms with Crippen LogP contribution in [-0.4, -0.2) is 43.0 Å². The molecule has 0 saturated heterocycles. The minimum absolute atomic E-state index is 0.228. The maximum atomic E-state index is 13.0. The Morgan fingerprint density at radius 2 is 2.08 bits per heavy atom. The Kier molecular flexibility index (Phi) is 4.62. The van der Waals surface area contributed by atoms with Crippen molar-refractivity contribution in [1.82, 2.24) is 13.9 Å². The number of ether oxygens (including phenoxy) is 2. The second-order valence-corrected chi connectivity index (χ2v) is 7.55. The topological polar surface area (TPSA) is 73.7 Å². The molecule has 7 nitrogen and oxygen atoms in total. The highest BCUT2D eigenvalue weighted by molar-refractivity contribution is 7.89. The van der Waals surface area contributed by atoms with E-state index in [9.17, 15) is 8.42 Å². The van der Waals surface area contributed by atoms with E-state index in [4.69, 9.17) is 9.47 Å². The Bertz CT molecular complexity index is 832. The molecule has 0 radical (unpaired) electrons. The predicted octanol–water partition coefficient (Wildman–Crippen LogP) is 1.80. The molecule has 2 aromatic rings. The number of sulfonamides is 1. The van der Waals surface area contributed by atoms with Gasteiger partial charge < -0.3 is 14.0 Å².